The van der Waals surface area contributed by atoms with Gasteiger partial charge in [0.2, 0.25) is 5.91 Å². The van der Waals surface area contributed by atoms with E-state index in [0.29, 0.717) is 11.6 Å². The van der Waals surface area contributed by atoms with Crippen LogP contribution in [0.5, 0.6) is 0 Å². The molecule has 0 aliphatic rings. The monoisotopic (exact) mass is 495 g/mol. The van der Waals surface area contributed by atoms with E-state index >= 15 is 0 Å². The number of allylic oxidation sites excluding steroid dienone is 1. The first-order valence-electron chi connectivity index (χ1n) is 10.5. The number of nitrogens with zero attached hydrogens (tertiary/aromatic N) is 3. The van der Waals surface area contributed by atoms with Crippen molar-refractivity contribution in [2.45, 2.75) is 52.8 Å². The Labute approximate surface area is 199 Å². The third-order valence-corrected chi connectivity index (χ3v) is 5.54. The number of nitrogens with one attached hydrogen (secondary N) is 1. The largest absolute Gasteiger partial charge is 0.401 e. The lowest BCUT2D eigenvalue weighted by Crippen LogP contribution is -2.39. The minimum Gasteiger partial charge on any atom is -0.401 e. The summed E-state index contributed by atoms with van der Waals surface area (Å²) < 4.78 is 40.7. The number of nitrogen functional groups attached to an aromatic ring is 1. The van der Waals surface area contributed by atoms with Gasteiger partial charge in [-0.3, -0.25) is 24.7 Å². The molecular formula is C22H28F3N7O3. The molecule has 0 aromatic carbocycles. The smallest absolute Gasteiger partial charge is 0.399 e. The molecule has 3 amide bonds. The van der Waals surface area contributed by atoms with E-state index in [1.165, 1.54) is 23.9 Å². The van der Waals surface area contributed by atoms with Crippen LogP contribution in [0.3, 0.4) is 0 Å². The van der Waals surface area contributed by atoms with Crippen molar-refractivity contribution >= 4 is 23.5 Å². The second-order valence-corrected chi connectivity index (χ2v) is 8.78. The molecule has 1 unspecified atom stereocenters. The lowest BCUT2D eigenvalue weighted by atomic mass is 9.88. The van der Waals surface area contributed by atoms with Crippen LogP contribution in [-0.4, -0.2) is 38.7 Å². The molecule has 13 heteroatoms. The number of carbonyl (C=O) groups excluding carboxylic acids is 3. The van der Waals surface area contributed by atoms with Gasteiger partial charge in [-0.25, -0.2) is 4.68 Å². The van der Waals surface area contributed by atoms with E-state index in [2.05, 4.69) is 10.1 Å². The first-order valence-corrected chi connectivity index (χ1v) is 10.5. The maximum absolute atomic E-state index is 13.1. The molecule has 0 radical (unpaired) electrons. The van der Waals surface area contributed by atoms with Crippen molar-refractivity contribution in [1.82, 2.24) is 20.1 Å². The Bertz CT molecular complexity index is 1170. The lowest BCUT2D eigenvalue weighted by molar-refractivity contribution is -0.197. The van der Waals surface area contributed by atoms with Crippen molar-refractivity contribution in [3.8, 4) is 11.3 Å². The van der Waals surface area contributed by atoms with Crippen molar-refractivity contribution in [1.29, 1.82) is 0 Å². The quantitative estimate of drug-likeness (QED) is 0.427. The minimum atomic E-state index is -4.68. The molecule has 0 spiro atoms. The summed E-state index contributed by atoms with van der Waals surface area (Å²) in [5.74, 6) is -3.48. The molecule has 0 bridgehead atoms. The van der Waals surface area contributed by atoms with Gasteiger partial charge in [-0.05, 0) is 46.8 Å². The number of anilines is 1. The molecule has 2 heterocycles. The molecule has 2 aromatic rings. The zero-order valence-electron chi connectivity index (χ0n) is 19.9. The van der Waals surface area contributed by atoms with Gasteiger partial charge in [0.15, 0.2) is 0 Å². The summed E-state index contributed by atoms with van der Waals surface area (Å²) in [6.07, 6.45) is -2.78. The predicted octanol–water partition coefficient (Wildman–Crippen LogP) is 2.38. The van der Waals surface area contributed by atoms with Crippen molar-refractivity contribution < 1.29 is 27.6 Å². The van der Waals surface area contributed by atoms with Gasteiger partial charge in [0.1, 0.15) is 17.1 Å². The number of aromatic nitrogens is 3. The van der Waals surface area contributed by atoms with Gasteiger partial charge in [-0.15, -0.1) is 0 Å². The number of hydrogen-bond donors (Lipinski definition) is 4. The van der Waals surface area contributed by atoms with Gasteiger partial charge in [-0.1, -0.05) is 0 Å². The highest BCUT2D eigenvalue weighted by Gasteiger charge is 2.49. The second kappa shape index (κ2) is 9.76. The molecule has 0 saturated carbocycles. The zero-order valence-corrected chi connectivity index (χ0v) is 19.9. The van der Waals surface area contributed by atoms with Gasteiger partial charge in [0, 0.05) is 29.6 Å². The molecule has 0 aliphatic carbocycles. The zero-order chi connectivity index (χ0) is 26.9. The van der Waals surface area contributed by atoms with Crippen LogP contribution in [0.1, 0.15) is 62.6 Å². The fourth-order valence-electron chi connectivity index (χ4n) is 2.97. The van der Waals surface area contributed by atoms with Crippen LogP contribution in [0.15, 0.2) is 30.1 Å². The van der Waals surface area contributed by atoms with Crippen molar-refractivity contribution in [2.75, 3.05) is 5.73 Å². The third-order valence-electron chi connectivity index (χ3n) is 5.54. The number of amides is 3. The summed E-state index contributed by atoms with van der Waals surface area (Å²) in [4.78, 5) is 40.6. The van der Waals surface area contributed by atoms with Crippen LogP contribution in [0.2, 0.25) is 0 Å². The Morgan fingerprint density at radius 1 is 1.11 bits per heavy atom. The third kappa shape index (κ3) is 5.61. The van der Waals surface area contributed by atoms with Crippen LogP contribution in [0.4, 0.5) is 19.0 Å². The van der Waals surface area contributed by atoms with E-state index in [4.69, 9.17) is 17.2 Å². The Balaban J connectivity index is 2.23. The summed E-state index contributed by atoms with van der Waals surface area (Å²) in [5, 5.41) is 6.33. The second-order valence-electron chi connectivity index (χ2n) is 8.78. The van der Waals surface area contributed by atoms with E-state index in [1.807, 2.05) is 19.2 Å². The Morgan fingerprint density at radius 3 is 2.17 bits per heavy atom. The minimum absolute atomic E-state index is 0.0378. The number of primary amides is 1. The number of nitrogens with two attached hydrogens (primary N) is 3. The molecule has 190 valence electrons. The van der Waals surface area contributed by atoms with Gasteiger partial charge < -0.3 is 17.2 Å². The fourth-order valence-corrected chi connectivity index (χ4v) is 2.97. The highest BCUT2D eigenvalue weighted by atomic mass is 19.4. The van der Waals surface area contributed by atoms with Gasteiger partial charge in [0.05, 0.1) is 17.0 Å². The van der Waals surface area contributed by atoms with Crippen LogP contribution < -0.4 is 22.5 Å². The molecule has 10 nitrogen and oxygen atoms in total. The molecule has 2 rings (SSSR count). The Hall–Kier alpha value is -3.90. The lowest BCUT2D eigenvalue weighted by Gasteiger charge is -2.28. The van der Waals surface area contributed by atoms with E-state index in [-0.39, 0.29) is 28.8 Å². The van der Waals surface area contributed by atoms with Crippen LogP contribution in [0, 0.1) is 5.41 Å². The topological polar surface area (TPSA) is 172 Å². The Morgan fingerprint density at radius 2 is 1.71 bits per heavy atom. The highest BCUT2D eigenvalue weighted by molar-refractivity contribution is 6.04. The first kappa shape index (κ1) is 27.3. The van der Waals surface area contributed by atoms with Crippen molar-refractivity contribution in [2.24, 2.45) is 16.9 Å². The predicted molar refractivity (Wildman–Crippen MR) is 122 cm³/mol. The standard InChI is InChI=1S/C22H28F3N7O3/c1-10(2)32-18(27)16(19(28)34)17(31-32)12-6-7-13(29-9-12)11(3)20(35)30-15(33)8-14(26)21(4,5)22(23,24)25/h6-11H,26-27H2,1-5H3,(H2,28,34)(H,30,33,35). The molecule has 0 saturated heterocycles. The SMILES string of the molecule is CC(C(=O)NC(=O)C=C(N)C(C)(C)C(F)(F)F)c1ccc(-c2nn(C(C)C)c(N)c2C(N)=O)cn1. The van der Waals surface area contributed by atoms with E-state index in [0.717, 1.165) is 13.8 Å². The number of halogens is 3. The summed E-state index contributed by atoms with van der Waals surface area (Å²) in [7, 11) is 0. The number of pyridine rings is 1. The van der Waals surface area contributed by atoms with E-state index in [1.54, 1.807) is 6.07 Å². The van der Waals surface area contributed by atoms with E-state index in [9.17, 15) is 27.6 Å². The van der Waals surface area contributed by atoms with Gasteiger partial charge in [-0.2, -0.15) is 18.3 Å². The van der Waals surface area contributed by atoms with Gasteiger partial charge in [0.25, 0.3) is 11.8 Å². The molecule has 0 aliphatic heterocycles. The number of carbonyl (C=O) groups is 3. The van der Waals surface area contributed by atoms with Crippen molar-refractivity contribution in [3.63, 3.8) is 0 Å². The van der Waals surface area contributed by atoms with Crippen molar-refractivity contribution in [3.05, 3.63) is 41.4 Å². The number of hydrogen-bond acceptors (Lipinski definition) is 7. The molecule has 2 aromatic heterocycles. The summed E-state index contributed by atoms with van der Waals surface area (Å²) >= 11 is 0. The number of imide groups is 1. The fraction of sp³-hybridized carbons (Fsp3) is 0.409. The summed E-state index contributed by atoms with van der Waals surface area (Å²) in [5.41, 5.74) is 14.7. The van der Waals surface area contributed by atoms with Crippen LogP contribution >= 0.6 is 0 Å². The maximum atomic E-state index is 13.1. The normalized spacial score (nSPS) is 13.6. The molecular weight excluding hydrogens is 467 g/mol. The first-order chi connectivity index (χ1) is 16.0. The molecule has 35 heavy (non-hydrogen) atoms. The number of rotatable bonds is 7. The average molecular weight is 496 g/mol. The molecule has 1 atom stereocenters. The maximum Gasteiger partial charge on any atom is 0.399 e. The van der Waals surface area contributed by atoms with Gasteiger partial charge >= 0.3 is 6.18 Å². The number of alkyl halides is 3. The summed E-state index contributed by atoms with van der Waals surface area (Å²) in [6.45, 7) is 6.76. The van der Waals surface area contributed by atoms with E-state index < -0.39 is 40.9 Å². The molecule has 7 N–H and O–H groups in total. The Kier molecular flexibility index (Phi) is 7.63. The van der Waals surface area contributed by atoms with Crippen LogP contribution in [0.25, 0.3) is 11.3 Å². The highest BCUT2D eigenvalue weighted by Crippen LogP contribution is 2.41. The average Bonchev–Trinajstić information content (AvgIpc) is 3.09. The molecule has 0 fully saturated rings. The van der Waals surface area contributed by atoms with Crippen LogP contribution in [-0.2, 0) is 9.59 Å². The summed E-state index contributed by atoms with van der Waals surface area (Å²) in [6, 6.07) is 2.90.